The maximum Gasteiger partial charge on any atom is 0.0958 e. The van der Waals surface area contributed by atoms with Gasteiger partial charge < -0.3 is 4.57 Å². The van der Waals surface area contributed by atoms with Crippen molar-refractivity contribution in [2.45, 2.75) is 13.0 Å². The normalized spacial score (nSPS) is 10.1. The summed E-state index contributed by atoms with van der Waals surface area (Å²) in [5.74, 6) is 0. The zero-order valence-electron chi connectivity index (χ0n) is 8.24. The van der Waals surface area contributed by atoms with E-state index in [9.17, 15) is 0 Å². The van der Waals surface area contributed by atoms with Crippen molar-refractivity contribution in [2.75, 3.05) is 6.54 Å². The summed E-state index contributed by atoms with van der Waals surface area (Å²) in [5.41, 5.74) is 10.3. The molecule has 1 aromatic carbocycles. The highest BCUT2D eigenvalue weighted by molar-refractivity contribution is 5.74. The standard InChI is InChI=1S/C10H11N5/c11-14-13-6-3-7-15-8-12-9-4-1-2-5-10(9)15/h1-2,4-5,8H,3,6-7H2. The molecular weight excluding hydrogens is 190 g/mol. The third-order valence-electron chi connectivity index (χ3n) is 2.25. The molecule has 0 radical (unpaired) electrons. The molecule has 15 heavy (non-hydrogen) atoms. The van der Waals surface area contributed by atoms with Gasteiger partial charge >= 0.3 is 0 Å². The largest absolute Gasteiger partial charge is 0.331 e. The summed E-state index contributed by atoms with van der Waals surface area (Å²) >= 11 is 0. The van der Waals surface area contributed by atoms with Crippen LogP contribution < -0.4 is 0 Å². The van der Waals surface area contributed by atoms with Crippen LogP contribution in [0.15, 0.2) is 35.7 Å². The lowest BCUT2D eigenvalue weighted by molar-refractivity contribution is 0.664. The van der Waals surface area contributed by atoms with Crippen molar-refractivity contribution in [1.82, 2.24) is 9.55 Å². The van der Waals surface area contributed by atoms with E-state index in [0.29, 0.717) is 6.54 Å². The van der Waals surface area contributed by atoms with Crippen LogP contribution in [0, 0.1) is 0 Å². The van der Waals surface area contributed by atoms with E-state index in [-0.39, 0.29) is 0 Å². The van der Waals surface area contributed by atoms with Crippen LogP contribution in [-0.2, 0) is 6.54 Å². The third kappa shape index (κ3) is 2.08. The van der Waals surface area contributed by atoms with Crippen molar-refractivity contribution in [3.63, 3.8) is 0 Å². The molecule has 0 bridgehead atoms. The predicted octanol–water partition coefficient (Wildman–Crippen LogP) is 2.74. The van der Waals surface area contributed by atoms with E-state index in [0.717, 1.165) is 24.0 Å². The van der Waals surface area contributed by atoms with Crippen LogP contribution in [0.25, 0.3) is 21.5 Å². The van der Waals surface area contributed by atoms with E-state index in [2.05, 4.69) is 19.6 Å². The summed E-state index contributed by atoms with van der Waals surface area (Å²) in [5, 5.41) is 3.50. The number of benzene rings is 1. The molecule has 1 heterocycles. The maximum absolute atomic E-state index is 8.13. The van der Waals surface area contributed by atoms with Gasteiger partial charge in [-0.05, 0) is 24.1 Å². The fourth-order valence-corrected chi connectivity index (χ4v) is 1.54. The summed E-state index contributed by atoms with van der Waals surface area (Å²) in [7, 11) is 0. The van der Waals surface area contributed by atoms with Crippen LogP contribution in [-0.4, -0.2) is 16.1 Å². The van der Waals surface area contributed by atoms with Crippen LogP contribution in [0.5, 0.6) is 0 Å². The Hall–Kier alpha value is -2.00. The predicted molar refractivity (Wildman–Crippen MR) is 58.4 cm³/mol. The molecule has 2 rings (SSSR count). The molecule has 0 saturated heterocycles. The fraction of sp³-hybridized carbons (Fsp3) is 0.300. The highest BCUT2D eigenvalue weighted by Gasteiger charge is 1.99. The summed E-state index contributed by atoms with van der Waals surface area (Å²) < 4.78 is 2.07. The molecule has 0 amide bonds. The minimum absolute atomic E-state index is 0.531. The number of aromatic nitrogens is 2. The Kier molecular flexibility index (Phi) is 2.85. The van der Waals surface area contributed by atoms with Gasteiger partial charge in [-0.1, -0.05) is 17.2 Å². The van der Waals surface area contributed by atoms with Crippen molar-refractivity contribution in [1.29, 1.82) is 0 Å². The van der Waals surface area contributed by atoms with Gasteiger partial charge in [-0.3, -0.25) is 0 Å². The fourth-order valence-electron chi connectivity index (χ4n) is 1.54. The Balaban J connectivity index is 2.11. The van der Waals surface area contributed by atoms with Gasteiger partial charge in [-0.2, -0.15) is 0 Å². The second-order valence-corrected chi connectivity index (χ2v) is 3.23. The van der Waals surface area contributed by atoms with Gasteiger partial charge in [0.1, 0.15) is 0 Å². The molecule has 0 spiro atoms. The van der Waals surface area contributed by atoms with Gasteiger partial charge in [0.15, 0.2) is 0 Å². The lowest BCUT2D eigenvalue weighted by Gasteiger charge is -2.01. The molecule has 0 N–H and O–H groups in total. The second kappa shape index (κ2) is 4.48. The van der Waals surface area contributed by atoms with E-state index in [4.69, 9.17) is 5.53 Å². The van der Waals surface area contributed by atoms with E-state index in [1.807, 2.05) is 30.6 Å². The molecule has 0 atom stereocenters. The van der Waals surface area contributed by atoms with E-state index in [1.54, 1.807) is 0 Å². The van der Waals surface area contributed by atoms with Gasteiger partial charge in [-0.15, -0.1) is 0 Å². The zero-order valence-corrected chi connectivity index (χ0v) is 8.24. The number of nitrogens with zero attached hydrogens (tertiary/aromatic N) is 5. The minimum Gasteiger partial charge on any atom is -0.331 e. The average molecular weight is 201 g/mol. The molecule has 76 valence electrons. The van der Waals surface area contributed by atoms with Crippen molar-refractivity contribution < 1.29 is 0 Å². The number of azide groups is 1. The molecule has 2 aromatic rings. The van der Waals surface area contributed by atoms with Gasteiger partial charge in [-0.25, -0.2) is 4.98 Å². The van der Waals surface area contributed by atoms with Gasteiger partial charge in [0.2, 0.25) is 0 Å². The lowest BCUT2D eigenvalue weighted by atomic mass is 10.3. The Morgan fingerprint density at radius 2 is 2.27 bits per heavy atom. The smallest absolute Gasteiger partial charge is 0.0958 e. The number of aryl methyl sites for hydroxylation is 1. The highest BCUT2D eigenvalue weighted by Crippen LogP contribution is 2.11. The highest BCUT2D eigenvalue weighted by atomic mass is 15.1. The average Bonchev–Trinajstić information content (AvgIpc) is 2.68. The molecule has 0 unspecified atom stereocenters. The Labute approximate surface area is 87.0 Å². The number of imidazole rings is 1. The lowest BCUT2D eigenvalue weighted by Crippen LogP contribution is -1.97. The number of para-hydroxylation sites is 2. The summed E-state index contributed by atoms with van der Waals surface area (Å²) in [6, 6.07) is 7.99. The molecule has 5 nitrogen and oxygen atoms in total. The molecule has 0 aliphatic rings. The molecule has 0 fully saturated rings. The van der Waals surface area contributed by atoms with Gasteiger partial charge in [0.25, 0.3) is 0 Å². The first kappa shape index (κ1) is 9.55. The molecule has 0 aliphatic carbocycles. The number of hydrogen-bond donors (Lipinski definition) is 0. The van der Waals surface area contributed by atoms with Crippen molar-refractivity contribution in [3.8, 4) is 0 Å². The van der Waals surface area contributed by atoms with Crippen LogP contribution in [0.4, 0.5) is 0 Å². The Morgan fingerprint density at radius 3 is 3.13 bits per heavy atom. The molecule has 5 heteroatoms. The first-order chi connectivity index (χ1) is 7.42. The zero-order chi connectivity index (χ0) is 10.5. The summed E-state index contributed by atoms with van der Waals surface area (Å²) in [4.78, 5) is 6.99. The molecule has 0 saturated carbocycles. The second-order valence-electron chi connectivity index (χ2n) is 3.23. The quantitative estimate of drug-likeness (QED) is 0.324. The van der Waals surface area contributed by atoms with Gasteiger partial charge in [0, 0.05) is 18.0 Å². The number of hydrogen-bond acceptors (Lipinski definition) is 2. The first-order valence-electron chi connectivity index (χ1n) is 4.82. The van der Waals surface area contributed by atoms with Crippen molar-refractivity contribution in [2.24, 2.45) is 5.11 Å². The number of rotatable bonds is 4. The Bertz CT molecular complexity index is 495. The van der Waals surface area contributed by atoms with E-state index >= 15 is 0 Å². The van der Waals surface area contributed by atoms with Crippen LogP contribution in [0.3, 0.4) is 0 Å². The SMILES string of the molecule is [N-]=[N+]=NCCCn1cnc2ccccc21. The maximum atomic E-state index is 8.13. The van der Waals surface area contributed by atoms with Crippen LogP contribution >= 0.6 is 0 Å². The third-order valence-corrected chi connectivity index (χ3v) is 2.25. The summed E-state index contributed by atoms with van der Waals surface area (Å²) in [6.45, 7) is 1.36. The molecule has 0 aliphatic heterocycles. The van der Waals surface area contributed by atoms with Crippen LogP contribution in [0.1, 0.15) is 6.42 Å². The van der Waals surface area contributed by atoms with Crippen molar-refractivity contribution >= 4 is 11.0 Å². The Morgan fingerprint density at radius 1 is 1.40 bits per heavy atom. The summed E-state index contributed by atoms with van der Waals surface area (Å²) in [6.07, 6.45) is 2.66. The van der Waals surface area contributed by atoms with E-state index < -0.39 is 0 Å². The number of fused-ring (bicyclic) bond motifs is 1. The van der Waals surface area contributed by atoms with Gasteiger partial charge in [0.05, 0.1) is 17.4 Å². The monoisotopic (exact) mass is 201 g/mol. The topological polar surface area (TPSA) is 66.6 Å². The molecular formula is C10H11N5. The van der Waals surface area contributed by atoms with E-state index in [1.165, 1.54) is 0 Å². The molecule has 1 aromatic heterocycles. The first-order valence-corrected chi connectivity index (χ1v) is 4.82. The minimum atomic E-state index is 0.531. The van der Waals surface area contributed by atoms with Crippen molar-refractivity contribution in [3.05, 3.63) is 41.0 Å². The van der Waals surface area contributed by atoms with Crippen LogP contribution in [0.2, 0.25) is 0 Å².